The first-order chi connectivity index (χ1) is 9.57. The molecular weight excluding hydrogens is 240 g/mol. The Balaban J connectivity index is 1.77. The molecule has 20 heavy (non-hydrogen) atoms. The van der Waals surface area contributed by atoms with Crippen molar-refractivity contribution in [3.8, 4) is 0 Å². The molecule has 0 heterocycles. The molecule has 4 aliphatic rings. The van der Waals surface area contributed by atoms with Crippen LogP contribution in [-0.4, -0.2) is 0 Å². The summed E-state index contributed by atoms with van der Waals surface area (Å²) in [5.74, 6) is 3.08. The first-order valence-electron chi connectivity index (χ1n) is 9.26. The third-order valence-electron chi connectivity index (χ3n) is 8.25. The molecule has 0 N–H and O–H groups in total. The minimum Gasteiger partial charge on any atom is -0.0735 e. The summed E-state index contributed by atoms with van der Waals surface area (Å²) in [4.78, 5) is 0. The molecule has 112 valence electrons. The van der Waals surface area contributed by atoms with Crippen molar-refractivity contribution >= 4 is 0 Å². The number of hydrogen-bond donors (Lipinski definition) is 0. The van der Waals surface area contributed by atoms with Crippen LogP contribution in [0.3, 0.4) is 0 Å². The van der Waals surface area contributed by atoms with E-state index in [9.17, 15) is 0 Å². The molecule has 4 rings (SSSR count). The highest BCUT2D eigenvalue weighted by molar-refractivity contribution is 5.38. The first-order valence-corrected chi connectivity index (χ1v) is 9.26. The highest BCUT2D eigenvalue weighted by Gasteiger charge is 2.65. The lowest BCUT2D eigenvalue weighted by Crippen LogP contribution is -2.48. The van der Waals surface area contributed by atoms with E-state index in [0.717, 1.165) is 17.8 Å². The van der Waals surface area contributed by atoms with Crippen molar-refractivity contribution < 1.29 is 0 Å². The van der Waals surface area contributed by atoms with Gasteiger partial charge in [-0.3, -0.25) is 0 Å². The molecule has 3 saturated carbocycles. The van der Waals surface area contributed by atoms with Gasteiger partial charge < -0.3 is 0 Å². The molecule has 2 bridgehead atoms. The minimum absolute atomic E-state index is 0.584. The van der Waals surface area contributed by atoms with E-state index in [1.165, 1.54) is 44.9 Å². The summed E-state index contributed by atoms with van der Waals surface area (Å²) in [5, 5.41) is 0. The number of allylic oxidation sites excluding steroid dienone is 2. The van der Waals surface area contributed by atoms with Crippen LogP contribution in [0.25, 0.3) is 0 Å². The van der Waals surface area contributed by atoms with Gasteiger partial charge in [0.05, 0.1) is 0 Å². The van der Waals surface area contributed by atoms with E-state index in [4.69, 9.17) is 0 Å². The Kier molecular flexibility index (Phi) is 2.93. The fourth-order valence-corrected chi connectivity index (χ4v) is 7.15. The van der Waals surface area contributed by atoms with Gasteiger partial charge in [0.2, 0.25) is 0 Å². The fraction of sp³-hybridized carbons (Fsp3) is 0.900. The molecule has 3 fully saturated rings. The zero-order valence-electron chi connectivity index (χ0n) is 13.8. The van der Waals surface area contributed by atoms with Gasteiger partial charge in [-0.2, -0.15) is 0 Å². The number of hydrogen-bond acceptors (Lipinski definition) is 0. The lowest BCUT2D eigenvalue weighted by atomic mass is 9.49. The second-order valence-electron chi connectivity index (χ2n) is 8.93. The second-order valence-corrected chi connectivity index (χ2v) is 8.93. The van der Waals surface area contributed by atoms with Crippen molar-refractivity contribution in [1.82, 2.24) is 0 Å². The molecule has 3 atom stereocenters. The van der Waals surface area contributed by atoms with Crippen LogP contribution in [0.15, 0.2) is 11.1 Å². The summed E-state index contributed by atoms with van der Waals surface area (Å²) in [6.07, 6.45) is 15.1. The Morgan fingerprint density at radius 3 is 2.45 bits per heavy atom. The van der Waals surface area contributed by atoms with Gasteiger partial charge in [-0.1, -0.05) is 57.1 Å². The van der Waals surface area contributed by atoms with Crippen LogP contribution >= 0.6 is 0 Å². The van der Waals surface area contributed by atoms with Crippen LogP contribution in [0.4, 0.5) is 0 Å². The molecule has 0 aromatic heterocycles. The van der Waals surface area contributed by atoms with Crippen molar-refractivity contribution in [2.24, 2.45) is 28.6 Å². The van der Waals surface area contributed by atoms with E-state index >= 15 is 0 Å². The van der Waals surface area contributed by atoms with E-state index in [1.54, 1.807) is 24.8 Å². The Morgan fingerprint density at radius 2 is 1.70 bits per heavy atom. The summed E-state index contributed by atoms with van der Waals surface area (Å²) in [6.45, 7) is 7.73. The standard InChI is InChI=1S/C20H32/c1-14-11-12-20-17(15-7-5-4-6-8-15)10-9-16(13-18(14)20)19(20,2)3/h15-17H,4-13H2,1-3H3/t16-,17-,20+/m0/s1. The van der Waals surface area contributed by atoms with E-state index in [0.29, 0.717) is 10.8 Å². The summed E-state index contributed by atoms with van der Waals surface area (Å²) in [6, 6.07) is 0. The van der Waals surface area contributed by atoms with Crippen LogP contribution in [-0.2, 0) is 0 Å². The van der Waals surface area contributed by atoms with Gasteiger partial charge >= 0.3 is 0 Å². The highest BCUT2D eigenvalue weighted by Crippen LogP contribution is 2.74. The van der Waals surface area contributed by atoms with E-state index in [-0.39, 0.29) is 0 Å². The summed E-state index contributed by atoms with van der Waals surface area (Å²) in [5.41, 5.74) is 4.96. The Morgan fingerprint density at radius 1 is 0.950 bits per heavy atom. The Labute approximate surface area is 125 Å². The molecule has 0 heteroatoms. The van der Waals surface area contributed by atoms with Gasteiger partial charge in [0.15, 0.2) is 0 Å². The SMILES string of the molecule is CC1=C2C[C@@H]3CC[C@@H](C4CCCCC4)[C@@]2(CC1)C3(C)C. The molecule has 4 aliphatic carbocycles. The van der Waals surface area contributed by atoms with Crippen LogP contribution in [0, 0.1) is 28.6 Å². The van der Waals surface area contributed by atoms with E-state index < -0.39 is 0 Å². The van der Waals surface area contributed by atoms with Crippen molar-refractivity contribution in [3.05, 3.63) is 11.1 Å². The Hall–Kier alpha value is -0.260. The summed E-state index contributed by atoms with van der Waals surface area (Å²) < 4.78 is 0. The largest absolute Gasteiger partial charge is 0.0735 e. The predicted octanol–water partition coefficient (Wildman–Crippen LogP) is 6.12. The number of fused-ring (bicyclic) bond motifs is 1. The van der Waals surface area contributed by atoms with Gasteiger partial charge in [0, 0.05) is 5.41 Å². The maximum Gasteiger partial charge on any atom is 0.000234 e. The third-order valence-corrected chi connectivity index (χ3v) is 8.25. The molecule has 0 aromatic carbocycles. The van der Waals surface area contributed by atoms with Crippen molar-refractivity contribution in [3.63, 3.8) is 0 Å². The second kappa shape index (κ2) is 4.37. The van der Waals surface area contributed by atoms with Gasteiger partial charge in [-0.05, 0) is 62.2 Å². The molecular formula is C20H32. The summed E-state index contributed by atoms with van der Waals surface area (Å²) >= 11 is 0. The maximum atomic E-state index is 2.64. The van der Waals surface area contributed by atoms with Crippen molar-refractivity contribution in [2.45, 2.75) is 85.0 Å². The average molecular weight is 272 g/mol. The van der Waals surface area contributed by atoms with Gasteiger partial charge in [-0.25, -0.2) is 0 Å². The van der Waals surface area contributed by atoms with Crippen LogP contribution in [0.1, 0.15) is 85.0 Å². The molecule has 0 unspecified atom stereocenters. The average Bonchev–Trinajstić information content (AvgIpc) is 2.79. The smallest absolute Gasteiger partial charge is 0.000234 e. The van der Waals surface area contributed by atoms with Gasteiger partial charge in [0.1, 0.15) is 0 Å². The first kappa shape index (κ1) is 13.4. The molecule has 0 aromatic rings. The predicted molar refractivity (Wildman–Crippen MR) is 85.6 cm³/mol. The molecule has 1 spiro atoms. The number of rotatable bonds is 1. The van der Waals surface area contributed by atoms with Gasteiger partial charge in [0.25, 0.3) is 0 Å². The van der Waals surface area contributed by atoms with Gasteiger partial charge in [-0.15, -0.1) is 0 Å². The minimum atomic E-state index is 0.584. The Bertz CT molecular complexity index is 435. The van der Waals surface area contributed by atoms with Crippen LogP contribution in [0.2, 0.25) is 0 Å². The third kappa shape index (κ3) is 1.49. The summed E-state index contributed by atoms with van der Waals surface area (Å²) in [7, 11) is 0. The lowest BCUT2D eigenvalue weighted by molar-refractivity contribution is -0.0484. The zero-order valence-corrected chi connectivity index (χ0v) is 13.8. The quantitative estimate of drug-likeness (QED) is 0.504. The normalized spacial score (nSPS) is 44.0. The molecule has 0 amide bonds. The lowest BCUT2D eigenvalue weighted by Gasteiger charge is -2.55. The van der Waals surface area contributed by atoms with Crippen LogP contribution in [0.5, 0.6) is 0 Å². The molecule has 0 saturated heterocycles. The van der Waals surface area contributed by atoms with E-state index in [2.05, 4.69) is 20.8 Å². The van der Waals surface area contributed by atoms with Crippen molar-refractivity contribution in [2.75, 3.05) is 0 Å². The highest BCUT2D eigenvalue weighted by atomic mass is 14.7. The fourth-order valence-electron chi connectivity index (χ4n) is 7.15. The zero-order chi connectivity index (χ0) is 14.0. The van der Waals surface area contributed by atoms with E-state index in [1.807, 2.05) is 5.57 Å². The monoisotopic (exact) mass is 272 g/mol. The van der Waals surface area contributed by atoms with Crippen LogP contribution < -0.4 is 0 Å². The maximum absolute atomic E-state index is 2.64. The molecule has 0 radical (unpaired) electrons. The van der Waals surface area contributed by atoms with Crippen molar-refractivity contribution in [1.29, 1.82) is 0 Å². The molecule has 0 aliphatic heterocycles. The topological polar surface area (TPSA) is 0 Å². The molecule has 0 nitrogen and oxygen atoms in total.